The molecule has 154 valence electrons. The number of carbonyl (C=O) groups excluding carboxylic acids is 1. The number of rotatable bonds is 4. The van der Waals surface area contributed by atoms with E-state index in [1.54, 1.807) is 17.2 Å². The summed E-state index contributed by atoms with van der Waals surface area (Å²) in [5.74, 6) is 1.71. The Morgan fingerprint density at radius 1 is 1.28 bits per heavy atom. The Morgan fingerprint density at radius 2 is 2.03 bits per heavy atom. The summed E-state index contributed by atoms with van der Waals surface area (Å²) in [6.07, 6.45) is 2.00. The lowest BCUT2D eigenvalue weighted by atomic mass is 9.81. The molecular weight excluding hydrogens is 368 g/mol. The molecule has 2 aliphatic heterocycles. The number of Topliss-reactive ketones (excluding diaryl/α,β-unsaturated/α-hetero) is 1. The highest BCUT2D eigenvalue weighted by atomic mass is 16.7. The van der Waals surface area contributed by atoms with Crippen molar-refractivity contribution in [3.05, 3.63) is 46.5 Å². The van der Waals surface area contributed by atoms with Crippen molar-refractivity contribution in [1.29, 1.82) is 0 Å². The zero-order chi connectivity index (χ0) is 20.9. The van der Waals surface area contributed by atoms with Crippen LogP contribution in [0.4, 0.5) is 5.69 Å². The lowest BCUT2D eigenvalue weighted by Gasteiger charge is -2.44. The Labute approximate surface area is 171 Å². The van der Waals surface area contributed by atoms with E-state index < -0.39 is 5.60 Å². The second kappa shape index (κ2) is 6.95. The summed E-state index contributed by atoms with van der Waals surface area (Å²) in [5.41, 5.74) is 9.05. The van der Waals surface area contributed by atoms with Gasteiger partial charge < -0.3 is 20.4 Å². The largest absolute Gasteiger partial charge is 0.507 e. The van der Waals surface area contributed by atoms with Gasteiger partial charge in [0.2, 0.25) is 0 Å². The molecule has 1 fully saturated rings. The van der Waals surface area contributed by atoms with Gasteiger partial charge in [0.1, 0.15) is 23.3 Å². The molecule has 2 aromatic rings. The zero-order valence-electron chi connectivity index (χ0n) is 17.4. The van der Waals surface area contributed by atoms with Crippen molar-refractivity contribution in [1.82, 2.24) is 5.06 Å². The van der Waals surface area contributed by atoms with Crippen LogP contribution in [0.1, 0.15) is 42.0 Å². The van der Waals surface area contributed by atoms with Crippen molar-refractivity contribution in [2.45, 2.75) is 58.6 Å². The van der Waals surface area contributed by atoms with Crippen LogP contribution in [-0.4, -0.2) is 34.1 Å². The van der Waals surface area contributed by atoms with E-state index >= 15 is 0 Å². The second-order valence-electron chi connectivity index (χ2n) is 8.34. The number of hydroxylamine groups is 2. The van der Waals surface area contributed by atoms with Crippen LogP contribution in [0.3, 0.4) is 0 Å². The Bertz CT molecular complexity index is 987. The fourth-order valence-electron chi connectivity index (χ4n) is 4.22. The minimum atomic E-state index is -0.921. The van der Waals surface area contributed by atoms with E-state index in [-0.39, 0.29) is 11.8 Å². The van der Waals surface area contributed by atoms with Crippen LogP contribution in [0.25, 0.3) is 0 Å². The number of ether oxygens (including phenoxy) is 1. The van der Waals surface area contributed by atoms with Crippen LogP contribution in [-0.2, 0) is 11.2 Å². The fraction of sp³-hybridized carbons (Fsp3) is 0.435. The van der Waals surface area contributed by atoms with Gasteiger partial charge in [0.15, 0.2) is 11.4 Å². The highest BCUT2D eigenvalue weighted by Crippen LogP contribution is 2.44. The maximum Gasteiger partial charge on any atom is 0.196 e. The first kappa shape index (κ1) is 19.6. The summed E-state index contributed by atoms with van der Waals surface area (Å²) in [5, 5.41) is 12.1. The highest BCUT2D eigenvalue weighted by Gasteiger charge is 2.49. The number of anilines is 1. The maximum absolute atomic E-state index is 13.4. The number of hydrogen-bond acceptors (Lipinski definition) is 6. The predicted octanol–water partition coefficient (Wildman–Crippen LogP) is 3.62. The van der Waals surface area contributed by atoms with E-state index in [1.165, 1.54) is 0 Å². The molecule has 6 nitrogen and oxygen atoms in total. The average Bonchev–Trinajstić information content (AvgIpc) is 2.68. The van der Waals surface area contributed by atoms with Gasteiger partial charge in [0.05, 0.1) is 0 Å². The average molecular weight is 396 g/mol. The van der Waals surface area contributed by atoms with Crippen molar-refractivity contribution in [3.63, 3.8) is 0 Å². The number of ketones is 1. The molecule has 2 aromatic carbocycles. The van der Waals surface area contributed by atoms with Crippen LogP contribution < -0.4 is 15.3 Å². The van der Waals surface area contributed by atoms with Gasteiger partial charge >= 0.3 is 0 Å². The number of carbonyl (C=O) groups is 1. The topological polar surface area (TPSA) is 85.0 Å². The highest BCUT2D eigenvalue weighted by molar-refractivity contribution is 5.93. The van der Waals surface area contributed by atoms with Crippen molar-refractivity contribution >= 4 is 11.5 Å². The van der Waals surface area contributed by atoms with Crippen molar-refractivity contribution in [2.24, 2.45) is 0 Å². The summed E-state index contributed by atoms with van der Waals surface area (Å²) >= 11 is 0. The quantitative estimate of drug-likeness (QED) is 0.768. The molecule has 0 bridgehead atoms. The molecule has 2 unspecified atom stereocenters. The van der Waals surface area contributed by atoms with E-state index in [0.717, 1.165) is 34.4 Å². The zero-order valence-corrected chi connectivity index (χ0v) is 17.4. The molecule has 0 radical (unpaired) electrons. The van der Waals surface area contributed by atoms with Crippen molar-refractivity contribution in [3.8, 4) is 17.2 Å². The number of fused-ring (bicyclic) bond motifs is 1. The third-order valence-electron chi connectivity index (χ3n) is 6.39. The first-order valence-electron chi connectivity index (χ1n) is 10.1. The number of aromatic hydroxyl groups is 1. The van der Waals surface area contributed by atoms with Crippen LogP contribution in [0.5, 0.6) is 17.2 Å². The molecule has 0 amide bonds. The van der Waals surface area contributed by atoms with Crippen molar-refractivity contribution < 1.29 is 19.5 Å². The Balaban J connectivity index is 1.55. The number of phenols is 1. The minimum Gasteiger partial charge on any atom is -0.507 e. The predicted molar refractivity (Wildman–Crippen MR) is 111 cm³/mol. The third-order valence-corrected chi connectivity index (χ3v) is 6.39. The fourth-order valence-corrected chi connectivity index (χ4v) is 4.22. The van der Waals surface area contributed by atoms with Gasteiger partial charge in [-0.15, -0.1) is 5.06 Å². The van der Waals surface area contributed by atoms with Gasteiger partial charge in [-0.05, 0) is 75.8 Å². The first-order valence-corrected chi connectivity index (χ1v) is 10.1. The van der Waals surface area contributed by atoms with E-state index in [0.29, 0.717) is 36.6 Å². The SMILES string of the molecule is Cc1c(C)c2c(c(C)c1O)CCC(C)(C(=O)C1CCN1Oc1cccc(N)c1)O2. The molecule has 2 aliphatic rings. The van der Waals surface area contributed by atoms with Gasteiger partial charge in [0, 0.05) is 23.9 Å². The van der Waals surface area contributed by atoms with E-state index in [1.807, 2.05) is 39.8 Å². The van der Waals surface area contributed by atoms with Gasteiger partial charge in [-0.1, -0.05) is 6.07 Å². The molecule has 2 atom stereocenters. The van der Waals surface area contributed by atoms with Gasteiger partial charge in [-0.25, -0.2) is 0 Å². The molecule has 0 saturated carbocycles. The third kappa shape index (κ3) is 3.21. The number of hydrogen-bond donors (Lipinski definition) is 2. The molecule has 0 aliphatic carbocycles. The van der Waals surface area contributed by atoms with Crippen LogP contribution in [0, 0.1) is 20.8 Å². The smallest absolute Gasteiger partial charge is 0.196 e. The Morgan fingerprint density at radius 3 is 2.69 bits per heavy atom. The molecular formula is C23H28N2O4. The second-order valence-corrected chi connectivity index (χ2v) is 8.34. The lowest BCUT2D eigenvalue weighted by molar-refractivity contribution is -0.180. The number of nitrogens with two attached hydrogens (primary N) is 1. The number of phenolic OH excluding ortho intramolecular Hbond substituents is 1. The molecule has 4 rings (SSSR count). The number of nitrogen functional groups attached to an aromatic ring is 1. The summed E-state index contributed by atoms with van der Waals surface area (Å²) < 4.78 is 6.34. The van der Waals surface area contributed by atoms with E-state index in [4.69, 9.17) is 15.3 Å². The van der Waals surface area contributed by atoms with Crippen LogP contribution >= 0.6 is 0 Å². The lowest BCUT2D eigenvalue weighted by Crippen LogP contribution is -2.61. The summed E-state index contributed by atoms with van der Waals surface area (Å²) in [4.78, 5) is 19.3. The van der Waals surface area contributed by atoms with E-state index in [9.17, 15) is 9.90 Å². The summed E-state index contributed by atoms with van der Waals surface area (Å²) in [6, 6.07) is 6.85. The molecule has 6 heteroatoms. The molecule has 0 aromatic heterocycles. The maximum atomic E-state index is 13.4. The molecule has 3 N–H and O–H groups in total. The van der Waals surface area contributed by atoms with E-state index in [2.05, 4.69) is 0 Å². The normalized spacial score (nSPS) is 23.7. The van der Waals surface area contributed by atoms with Gasteiger partial charge in [-0.3, -0.25) is 4.79 Å². The standard InChI is InChI=1S/C23H28N2O4/c1-13-14(2)21-18(15(3)20(13)26)8-10-23(4,28-21)22(27)19-9-11-25(19)29-17-7-5-6-16(24)12-17/h5-7,12,19,26H,8-11,24H2,1-4H3. The van der Waals surface area contributed by atoms with Gasteiger partial charge in [0.25, 0.3) is 0 Å². The molecule has 2 heterocycles. The molecule has 1 saturated heterocycles. The Hall–Kier alpha value is -2.73. The first-order chi connectivity index (χ1) is 13.7. The van der Waals surface area contributed by atoms with Crippen LogP contribution in [0.15, 0.2) is 24.3 Å². The van der Waals surface area contributed by atoms with Gasteiger partial charge in [-0.2, -0.15) is 0 Å². The number of benzene rings is 2. The molecule has 29 heavy (non-hydrogen) atoms. The van der Waals surface area contributed by atoms with Crippen molar-refractivity contribution in [2.75, 3.05) is 12.3 Å². The minimum absolute atomic E-state index is 0.0288. The monoisotopic (exact) mass is 396 g/mol. The summed E-state index contributed by atoms with van der Waals surface area (Å²) in [7, 11) is 0. The number of nitrogens with zero attached hydrogens (tertiary/aromatic N) is 1. The Kier molecular flexibility index (Phi) is 4.69. The summed E-state index contributed by atoms with van der Waals surface area (Å²) in [6.45, 7) is 8.26. The van der Waals surface area contributed by atoms with Crippen LogP contribution in [0.2, 0.25) is 0 Å². The molecule has 0 spiro atoms.